The van der Waals surface area contributed by atoms with Crippen molar-refractivity contribution in [2.24, 2.45) is 0 Å². The van der Waals surface area contributed by atoms with Crippen LogP contribution in [0.15, 0.2) is 24.3 Å². The van der Waals surface area contributed by atoms with Crippen LogP contribution in [0.5, 0.6) is 5.75 Å². The Labute approximate surface area is 124 Å². The lowest BCUT2D eigenvalue weighted by atomic mass is 9.87. The molecule has 0 saturated carbocycles. The molecule has 2 nitrogen and oxygen atoms in total. The van der Waals surface area contributed by atoms with Gasteiger partial charge in [0.05, 0.1) is 6.61 Å². The van der Waals surface area contributed by atoms with Crippen LogP contribution in [-0.4, -0.2) is 18.7 Å². The van der Waals surface area contributed by atoms with Crippen molar-refractivity contribution in [1.29, 1.82) is 0 Å². The summed E-state index contributed by atoms with van der Waals surface area (Å²) >= 11 is 0. The lowest BCUT2D eigenvalue weighted by molar-refractivity contribution is 0.301. The largest absolute Gasteiger partial charge is 0.494 e. The SMILES string of the molecule is CC(C)(C)NCCCCOc1ccc(C(C)(C)C)cc1. The van der Waals surface area contributed by atoms with Gasteiger partial charge in [0.15, 0.2) is 0 Å². The molecule has 114 valence electrons. The molecule has 0 bridgehead atoms. The predicted octanol–water partition coefficient (Wildman–Crippen LogP) is 4.53. The van der Waals surface area contributed by atoms with E-state index < -0.39 is 0 Å². The number of ether oxygens (including phenoxy) is 1. The minimum absolute atomic E-state index is 0.206. The zero-order valence-electron chi connectivity index (χ0n) is 14.0. The first-order chi connectivity index (χ1) is 9.18. The van der Waals surface area contributed by atoms with E-state index in [9.17, 15) is 0 Å². The molecule has 0 unspecified atom stereocenters. The summed E-state index contributed by atoms with van der Waals surface area (Å²) in [5.41, 5.74) is 1.76. The number of nitrogens with one attached hydrogen (secondary N) is 1. The summed E-state index contributed by atoms with van der Waals surface area (Å²) in [4.78, 5) is 0. The first kappa shape index (κ1) is 17.0. The van der Waals surface area contributed by atoms with Crippen LogP contribution in [0.25, 0.3) is 0 Å². The summed E-state index contributed by atoms with van der Waals surface area (Å²) in [5, 5.41) is 3.49. The Bertz CT molecular complexity index is 381. The van der Waals surface area contributed by atoms with Crippen LogP contribution in [-0.2, 0) is 5.41 Å². The Kier molecular flexibility index (Phi) is 6.07. The maximum Gasteiger partial charge on any atom is 0.119 e. The van der Waals surface area contributed by atoms with Gasteiger partial charge < -0.3 is 10.1 Å². The van der Waals surface area contributed by atoms with Crippen molar-refractivity contribution in [3.8, 4) is 5.75 Å². The molecule has 1 rings (SSSR count). The van der Waals surface area contributed by atoms with E-state index in [1.807, 2.05) is 0 Å². The Morgan fingerprint density at radius 2 is 1.50 bits per heavy atom. The topological polar surface area (TPSA) is 21.3 Å². The fourth-order valence-corrected chi connectivity index (χ4v) is 1.93. The van der Waals surface area contributed by atoms with Gasteiger partial charge in [-0.2, -0.15) is 0 Å². The average molecular weight is 277 g/mol. The molecule has 0 aromatic heterocycles. The highest BCUT2D eigenvalue weighted by Gasteiger charge is 2.12. The summed E-state index contributed by atoms with van der Waals surface area (Å²) in [5.74, 6) is 0.974. The smallest absolute Gasteiger partial charge is 0.119 e. The van der Waals surface area contributed by atoms with Gasteiger partial charge in [-0.3, -0.25) is 0 Å². The third-order valence-electron chi connectivity index (χ3n) is 3.22. The molecule has 1 N–H and O–H groups in total. The van der Waals surface area contributed by atoms with Gasteiger partial charge in [-0.25, -0.2) is 0 Å². The number of benzene rings is 1. The molecule has 0 spiro atoms. The van der Waals surface area contributed by atoms with E-state index in [0.717, 1.165) is 31.7 Å². The maximum atomic E-state index is 5.78. The molecule has 2 heteroatoms. The molecule has 0 amide bonds. The van der Waals surface area contributed by atoms with Crippen molar-refractivity contribution >= 4 is 0 Å². The molecule has 0 aliphatic rings. The monoisotopic (exact) mass is 277 g/mol. The Morgan fingerprint density at radius 3 is 2.00 bits per heavy atom. The van der Waals surface area contributed by atoms with Crippen molar-refractivity contribution in [2.45, 2.75) is 65.3 Å². The first-order valence-corrected chi connectivity index (χ1v) is 7.67. The van der Waals surface area contributed by atoms with Crippen LogP contribution >= 0.6 is 0 Å². The first-order valence-electron chi connectivity index (χ1n) is 7.67. The van der Waals surface area contributed by atoms with Gasteiger partial charge in [-0.1, -0.05) is 32.9 Å². The number of rotatable bonds is 6. The Balaban J connectivity index is 2.23. The minimum Gasteiger partial charge on any atom is -0.494 e. The van der Waals surface area contributed by atoms with E-state index in [2.05, 4.69) is 71.1 Å². The lowest BCUT2D eigenvalue weighted by Crippen LogP contribution is -2.36. The van der Waals surface area contributed by atoms with Gasteiger partial charge in [-0.15, -0.1) is 0 Å². The molecule has 0 saturated heterocycles. The van der Waals surface area contributed by atoms with Crippen molar-refractivity contribution in [3.05, 3.63) is 29.8 Å². The molecule has 0 fully saturated rings. The predicted molar refractivity (Wildman–Crippen MR) is 87.6 cm³/mol. The molecule has 0 heterocycles. The normalized spacial score (nSPS) is 12.5. The van der Waals surface area contributed by atoms with Crippen LogP contribution in [0.3, 0.4) is 0 Å². The molecule has 1 aromatic carbocycles. The van der Waals surface area contributed by atoms with Gasteiger partial charge in [0.1, 0.15) is 5.75 Å². The van der Waals surface area contributed by atoms with Gasteiger partial charge in [0.25, 0.3) is 0 Å². The van der Waals surface area contributed by atoms with Crippen LogP contribution in [0.1, 0.15) is 59.9 Å². The zero-order chi connectivity index (χ0) is 15.2. The number of hydrogen-bond donors (Lipinski definition) is 1. The second-order valence-electron chi connectivity index (χ2n) is 7.51. The fourth-order valence-electron chi connectivity index (χ4n) is 1.93. The van der Waals surface area contributed by atoms with E-state index in [0.29, 0.717) is 0 Å². The van der Waals surface area contributed by atoms with Gasteiger partial charge in [-0.05, 0) is 63.3 Å². The van der Waals surface area contributed by atoms with Crippen LogP contribution in [0.2, 0.25) is 0 Å². The number of unbranched alkanes of at least 4 members (excludes halogenated alkanes) is 1. The fraction of sp³-hybridized carbons (Fsp3) is 0.667. The quantitative estimate of drug-likeness (QED) is 0.771. The van der Waals surface area contributed by atoms with E-state index in [-0.39, 0.29) is 11.0 Å². The average Bonchev–Trinajstić information content (AvgIpc) is 2.32. The van der Waals surface area contributed by atoms with Crippen molar-refractivity contribution in [3.63, 3.8) is 0 Å². The number of hydrogen-bond acceptors (Lipinski definition) is 2. The van der Waals surface area contributed by atoms with E-state index >= 15 is 0 Å². The summed E-state index contributed by atoms with van der Waals surface area (Å²) < 4.78 is 5.78. The van der Waals surface area contributed by atoms with Gasteiger partial charge >= 0.3 is 0 Å². The Hall–Kier alpha value is -1.02. The standard InChI is InChI=1S/C18H31NO/c1-17(2,3)15-9-11-16(12-10-15)20-14-8-7-13-19-18(4,5)6/h9-12,19H,7-8,13-14H2,1-6H3. The van der Waals surface area contributed by atoms with Crippen molar-refractivity contribution in [2.75, 3.05) is 13.2 Å². The van der Waals surface area contributed by atoms with Crippen LogP contribution in [0, 0.1) is 0 Å². The van der Waals surface area contributed by atoms with E-state index in [4.69, 9.17) is 4.74 Å². The summed E-state index contributed by atoms with van der Waals surface area (Å²) in [6.45, 7) is 15.1. The second kappa shape index (κ2) is 7.12. The molecule has 0 radical (unpaired) electrons. The van der Waals surface area contributed by atoms with E-state index in [1.54, 1.807) is 0 Å². The second-order valence-corrected chi connectivity index (χ2v) is 7.51. The highest BCUT2D eigenvalue weighted by Crippen LogP contribution is 2.24. The molecular weight excluding hydrogens is 246 g/mol. The van der Waals surface area contributed by atoms with Crippen LogP contribution < -0.4 is 10.1 Å². The van der Waals surface area contributed by atoms with Gasteiger partial charge in [0, 0.05) is 5.54 Å². The summed E-state index contributed by atoms with van der Waals surface area (Å²) in [6, 6.07) is 8.48. The highest BCUT2D eigenvalue weighted by atomic mass is 16.5. The molecule has 0 aliphatic heterocycles. The molecule has 1 aromatic rings. The third-order valence-corrected chi connectivity index (χ3v) is 3.22. The van der Waals surface area contributed by atoms with Crippen LogP contribution in [0.4, 0.5) is 0 Å². The molecule has 0 aliphatic carbocycles. The van der Waals surface area contributed by atoms with Crippen molar-refractivity contribution < 1.29 is 4.74 Å². The summed E-state index contributed by atoms with van der Waals surface area (Å²) in [6.07, 6.45) is 2.24. The van der Waals surface area contributed by atoms with Gasteiger partial charge in [0.2, 0.25) is 0 Å². The Morgan fingerprint density at radius 1 is 0.900 bits per heavy atom. The van der Waals surface area contributed by atoms with E-state index in [1.165, 1.54) is 5.56 Å². The van der Waals surface area contributed by atoms with Crippen molar-refractivity contribution in [1.82, 2.24) is 5.32 Å². The third kappa shape index (κ3) is 6.95. The zero-order valence-corrected chi connectivity index (χ0v) is 14.0. The summed E-state index contributed by atoms with van der Waals surface area (Å²) in [7, 11) is 0. The molecular formula is C18H31NO. The lowest BCUT2D eigenvalue weighted by Gasteiger charge is -2.20. The highest BCUT2D eigenvalue weighted by molar-refractivity contribution is 5.31. The molecule has 0 atom stereocenters. The molecule has 20 heavy (non-hydrogen) atoms. The minimum atomic E-state index is 0.206. The maximum absolute atomic E-state index is 5.78.